The summed E-state index contributed by atoms with van der Waals surface area (Å²) in [5.74, 6) is -0.710. The van der Waals surface area contributed by atoms with E-state index in [1.807, 2.05) is 25.1 Å². The lowest BCUT2D eigenvalue weighted by Gasteiger charge is -2.53. The molecule has 8 heteroatoms. The van der Waals surface area contributed by atoms with Gasteiger partial charge in [-0.2, -0.15) is 0 Å². The van der Waals surface area contributed by atoms with E-state index in [1.54, 1.807) is 9.80 Å². The first-order valence-electron chi connectivity index (χ1n) is 11.2. The number of piperidine rings is 2. The van der Waals surface area contributed by atoms with Gasteiger partial charge in [-0.3, -0.25) is 19.7 Å². The molecule has 0 aromatic heterocycles. The number of nitrogens with zero attached hydrogens (tertiary/aromatic N) is 2. The number of carboxylic acid groups (broad SMARTS) is 1. The van der Waals surface area contributed by atoms with Crippen molar-refractivity contribution in [1.82, 2.24) is 15.1 Å². The number of carbonyl (C=O) groups is 4. The Balaban J connectivity index is 1.57. The van der Waals surface area contributed by atoms with Crippen molar-refractivity contribution in [2.45, 2.75) is 77.4 Å². The molecule has 1 aromatic carbocycles. The quantitative estimate of drug-likeness (QED) is 0.686. The zero-order valence-corrected chi connectivity index (χ0v) is 19.1. The number of carbonyl (C=O) groups excluding carboxylic acids is 3. The zero-order valence-electron chi connectivity index (χ0n) is 19.1. The van der Waals surface area contributed by atoms with Crippen LogP contribution in [0.2, 0.25) is 0 Å². The molecule has 0 spiro atoms. The molecule has 3 atom stereocenters. The molecule has 3 heterocycles. The van der Waals surface area contributed by atoms with Crippen molar-refractivity contribution < 1.29 is 24.3 Å². The highest BCUT2D eigenvalue weighted by Crippen LogP contribution is 2.47. The third kappa shape index (κ3) is 3.55. The molecule has 2 fully saturated rings. The number of hydrogen-bond donors (Lipinski definition) is 2. The van der Waals surface area contributed by atoms with Crippen LogP contribution in [-0.4, -0.2) is 56.8 Å². The highest BCUT2D eigenvalue weighted by molar-refractivity contribution is 6.05. The Hall–Kier alpha value is -2.90. The van der Waals surface area contributed by atoms with Gasteiger partial charge in [0.05, 0.1) is 0 Å². The fourth-order valence-corrected chi connectivity index (χ4v) is 5.37. The Morgan fingerprint density at radius 2 is 1.91 bits per heavy atom. The second-order valence-electron chi connectivity index (χ2n) is 10.5. The van der Waals surface area contributed by atoms with Gasteiger partial charge >= 0.3 is 6.09 Å². The molecule has 0 radical (unpaired) electrons. The predicted molar refractivity (Wildman–Crippen MR) is 117 cm³/mol. The maximum Gasteiger partial charge on any atom is 0.407 e. The van der Waals surface area contributed by atoms with E-state index in [4.69, 9.17) is 0 Å². The Bertz CT molecular complexity index is 998. The second-order valence-corrected chi connectivity index (χ2v) is 10.5. The Labute approximate surface area is 187 Å². The predicted octanol–water partition coefficient (Wildman–Crippen LogP) is 3.11. The van der Waals surface area contributed by atoms with Crippen molar-refractivity contribution in [3.05, 3.63) is 34.9 Å². The Kier molecular flexibility index (Phi) is 5.30. The SMILES string of the molecule is CC(C)(C)[C@]1(C)CC(c2ccc3c(c2)CN(C2CCC(=O)NC2=O)C3=O)CCN1C(=O)O. The highest BCUT2D eigenvalue weighted by Gasteiger charge is 2.49. The van der Waals surface area contributed by atoms with Gasteiger partial charge in [0, 0.05) is 30.6 Å². The lowest BCUT2D eigenvalue weighted by Crippen LogP contribution is -2.60. The van der Waals surface area contributed by atoms with Gasteiger partial charge in [0.25, 0.3) is 5.91 Å². The van der Waals surface area contributed by atoms with Crippen molar-refractivity contribution in [3.63, 3.8) is 0 Å². The summed E-state index contributed by atoms with van der Waals surface area (Å²) in [6.45, 7) is 9.05. The molecular formula is C24H31N3O5. The zero-order chi connectivity index (χ0) is 23.4. The summed E-state index contributed by atoms with van der Waals surface area (Å²) in [4.78, 5) is 51.7. The fourth-order valence-electron chi connectivity index (χ4n) is 5.37. The molecule has 4 rings (SSSR count). The topological polar surface area (TPSA) is 107 Å². The van der Waals surface area contributed by atoms with Crippen LogP contribution in [0.1, 0.15) is 80.8 Å². The molecule has 1 aromatic rings. The third-order valence-corrected chi connectivity index (χ3v) is 7.81. The minimum Gasteiger partial charge on any atom is -0.465 e. The lowest BCUT2D eigenvalue weighted by atomic mass is 9.65. The molecule has 2 saturated heterocycles. The molecule has 32 heavy (non-hydrogen) atoms. The van der Waals surface area contributed by atoms with Crippen LogP contribution in [0.25, 0.3) is 0 Å². The van der Waals surface area contributed by atoms with Crippen LogP contribution in [0, 0.1) is 5.41 Å². The number of imide groups is 1. The van der Waals surface area contributed by atoms with E-state index in [0.717, 1.165) is 17.5 Å². The highest BCUT2D eigenvalue weighted by atomic mass is 16.4. The van der Waals surface area contributed by atoms with Crippen LogP contribution in [0.5, 0.6) is 0 Å². The van der Waals surface area contributed by atoms with Crippen molar-refractivity contribution in [2.75, 3.05) is 6.54 Å². The van der Waals surface area contributed by atoms with Gasteiger partial charge in [0.15, 0.2) is 0 Å². The average Bonchev–Trinajstić information content (AvgIpc) is 3.02. The van der Waals surface area contributed by atoms with E-state index in [-0.39, 0.29) is 29.6 Å². The normalized spacial score (nSPS) is 28.6. The van der Waals surface area contributed by atoms with Crippen molar-refractivity contribution >= 4 is 23.8 Å². The molecule has 172 valence electrons. The lowest BCUT2D eigenvalue weighted by molar-refractivity contribution is -0.136. The number of nitrogens with one attached hydrogen (secondary N) is 1. The van der Waals surface area contributed by atoms with Gasteiger partial charge in [-0.05, 0) is 54.7 Å². The summed E-state index contributed by atoms with van der Waals surface area (Å²) >= 11 is 0. The van der Waals surface area contributed by atoms with E-state index < -0.39 is 23.6 Å². The van der Waals surface area contributed by atoms with E-state index >= 15 is 0 Å². The van der Waals surface area contributed by atoms with Gasteiger partial charge in [-0.25, -0.2) is 4.79 Å². The summed E-state index contributed by atoms with van der Waals surface area (Å²) in [6.07, 6.45) is 1.11. The first kappa shape index (κ1) is 22.3. The first-order valence-corrected chi connectivity index (χ1v) is 11.2. The van der Waals surface area contributed by atoms with Gasteiger partial charge < -0.3 is 14.9 Å². The van der Waals surface area contributed by atoms with Crippen molar-refractivity contribution in [3.8, 4) is 0 Å². The smallest absolute Gasteiger partial charge is 0.407 e. The molecule has 2 N–H and O–H groups in total. The summed E-state index contributed by atoms with van der Waals surface area (Å²) in [7, 11) is 0. The van der Waals surface area contributed by atoms with Gasteiger partial charge in [0.2, 0.25) is 11.8 Å². The van der Waals surface area contributed by atoms with Crippen LogP contribution in [0.4, 0.5) is 4.79 Å². The van der Waals surface area contributed by atoms with Gasteiger partial charge in [0.1, 0.15) is 6.04 Å². The van der Waals surface area contributed by atoms with Crippen LogP contribution in [-0.2, 0) is 16.1 Å². The number of rotatable bonds is 2. The molecule has 8 nitrogen and oxygen atoms in total. The summed E-state index contributed by atoms with van der Waals surface area (Å²) < 4.78 is 0. The van der Waals surface area contributed by atoms with Crippen molar-refractivity contribution in [1.29, 1.82) is 0 Å². The second kappa shape index (κ2) is 7.60. The minimum absolute atomic E-state index is 0.179. The molecule has 0 bridgehead atoms. The molecule has 0 aliphatic carbocycles. The maximum atomic E-state index is 13.0. The molecule has 3 aliphatic heterocycles. The monoisotopic (exact) mass is 441 g/mol. The van der Waals surface area contributed by atoms with Crippen LogP contribution >= 0.6 is 0 Å². The van der Waals surface area contributed by atoms with Gasteiger partial charge in [-0.1, -0.05) is 32.9 Å². The number of benzene rings is 1. The molecule has 3 aliphatic rings. The van der Waals surface area contributed by atoms with E-state index in [9.17, 15) is 24.3 Å². The Morgan fingerprint density at radius 3 is 2.53 bits per heavy atom. The molecule has 4 amide bonds. The Morgan fingerprint density at radius 1 is 1.19 bits per heavy atom. The summed E-state index contributed by atoms with van der Waals surface area (Å²) in [5.41, 5.74) is 1.83. The average molecular weight is 442 g/mol. The molecule has 0 saturated carbocycles. The molecular weight excluding hydrogens is 410 g/mol. The van der Waals surface area contributed by atoms with E-state index in [1.165, 1.54) is 0 Å². The number of amides is 4. The maximum absolute atomic E-state index is 13.0. The van der Waals surface area contributed by atoms with Crippen molar-refractivity contribution in [2.24, 2.45) is 5.41 Å². The van der Waals surface area contributed by atoms with Crippen LogP contribution in [0.3, 0.4) is 0 Å². The van der Waals surface area contributed by atoms with Gasteiger partial charge in [-0.15, -0.1) is 0 Å². The number of hydrogen-bond acceptors (Lipinski definition) is 4. The minimum atomic E-state index is -0.889. The third-order valence-electron chi connectivity index (χ3n) is 7.81. The summed E-state index contributed by atoms with van der Waals surface area (Å²) in [6, 6.07) is 5.22. The van der Waals surface area contributed by atoms with E-state index in [2.05, 4.69) is 26.1 Å². The largest absolute Gasteiger partial charge is 0.465 e. The van der Waals surface area contributed by atoms with Crippen LogP contribution < -0.4 is 5.32 Å². The van der Waals surface area contributed by atoms with E-state index in [0.29, 0.717) is 31.5 Å². The van der Waals surface area contributed by atoms with Crippen LogP contribution in [0.15, 0.2) is 18.2 Å². The standard InChI is InChI=1S/C24H31N3O5/c1-23(2,3)24(4)12-15(9-10-27(24)22(31)32)14-5-6-17-16(11-14)13-26(21(17)30)18-7-8-19(28)25-20(18)29/h5-6,11,15,18H,7-10,12-13H2,1-4H3,(H,31,32)(H,25,28,29)/t15?,18?,24-/m0/s1. The fraction of sp³-hybridized carbons (Fsp3) is 0.583. The summed E-state index contributed by atoms with van der Waals surface area (Å²) in [5, 5.41) is 12.1. The molecule has 2 unspecified atom stereocenters. The number of likely N-dealkylation sites (tertiary alicyclic amines) is 1. The first-order chi connectivity index (χ1) is 14.9. The number of fused-ring (bicyclic) bond motifs is 1.